The third-order valence-electron chi connectivity index (χ3n) is 2.46. The van der Waals surface area contributed by atoms with Crippen molar-refractivity contribution >= 4 is 0 Å². The maximum absolute atomic E-state index is 10.2. The van der Waals surface area contributed by atoms with Gasteiger partial charge >= 0.3 is 0 Å². The molecule has 1 N–H and O–H groups in total. The third kappa shape index (κ3) is 4.31. The topological polar surface area (TPSA) is 32.7 Å². The number of nitrogens with zero attached hydrogens (tertiary/aromatic N) is 1. The summed E-state index contributed by atoms with van der Waals surface area (Å²) in [6.45, 7) is 3.60. The van der Waals surface area contributed by atoms with Crippen LogP contribution in [0.15, 0.2) is 30.3 Å². The minimum absolute atomic E-state index is 0.324. The molecule has 0 spiro atoms. The molecule has 3 nitrogen and oxygen atoms in total. The minimum Gasteiger partial charge on any atom is -0.383 e. The monoisotopic (exact) mass is 223 g/mol. The van der Waals surface area contributed by atoms with Crippen LogP contribution in [0.4, 0.5) is 0 Å². The van der Waals surface area contributed by atoms with Crippen LogP contribution in [0, 0.1) is 0 Å². The summed E-state index contributed by atoms with van der Waals surface area (Å²) in [6.07, 6.45) is 0. The predicted molar refractivity (Wildman–Crippen MR) is 65.4 cm³/mol. The third-order valence-corrected chi connectivity index (χ3v) is 2.46. The van der Waals surface area contributed by atoms with E-state index in [0.29, 0.717) is 13.2 Å². The van der Waals surface area contributed by atoms with Crippen molar-refractivity contribution in [1.29, 1.82) is 0 Å². The highest BCUT2D eigenvalue weighted by Crippen LogP contribution is 2.20. The minimum atomic E-state index is -0.909. The van der Waals surface area contributed by atoms with E-state index in [2.05, 4.69) is 4.90 Å². The predicted octanol–water partition coefficient (Wildman–Crippen LogP) is 1.47. The Kier molecular flexibility index (Phi) is 4.93. The van der Waals surface area contributed by atoms with Gasteiger partial charge in [0.1, 0.15) is 5.60 Å². The molecule has 1 rings (SSSR count). The van der Waals surface area contributed by atoms with Gasteiger partial charge in [-0.05, 0) is 26.6 Å². The molecule has 0 saturated heterocycles. The molecule has 0 bridgehead atoms. The fourth-order valence-corrected chi connectivity index (χ4v) is 1.40. The van der Waals surface area contributed by atoms with Crippen molar-refractivity contribution < 1.29 is 9.84 Å². The number of benzene rings is 1. The van der Waals surface area contributed by atoms with Crippen LogP contribution < -0.4 is 0 Å². The van der Waals surface area contributed by atoms with Crippen LogP contribution in [0.25, 0.3) is 0 Å². The summed E-state index contributed by atoms with van der Waals surface area (Å²) in [5, 5.41) is 10.2. The Balaban J connectivity index is 2.40. The second-order valence-corrected chi connectivity index (χ2v) is 4.50. The number of aliphatic hydroxyl groups is 1. The fraction of sp³-hybridized carbons (Fsp3) is 0.538. The molecule has 1 aromatic rings. The lowest BCUT2D eigenvalue weighted by atomic mass is 9.97. The molecule has 0 aliphatic rings. The zero-order valence-corrected chi connectivity index (χ0v) is 10.3. The molecule has 1 unspecified atom stereocenters. The van der Waals surface area contributed by atoms with Gasteiger partial charge in [-0.2, -0.15) is 0 Å². The summed E-state index contributed by atoms with van der Waals surface area (Å²) in [5.74, 6) is 0. The van der Waals surface area contributed by atoms with E-state index in [-0.39, 0.29) is 0 Å². The van der Waals surface area contributed by atoms with E-state index in [9.17, 15) is 5.11 Å². The Morgan fingerprint density at radius 1 is 1.25 bits per heavy atom. The maximum Gasteiger partial charge on any atom is 0.110 e. The smallest absolute Gasteiger partial charge is 0.110 e. The molecule has 0 amide bonds. The van der Waals surface area contributed by atoms with Crippen LogP contribution in [-0.2, 0) is 10.3 Å². The number of likely N-dealkylation sites (N-methyl/N-ethyl adjacent to an activating group) is 1. The lowest BCUT2D eigenvalue weighted by Gasteiger charge is -2.24. The van der Waals surface area contributed by atoms with Gasteiger partial charge in [-0.1, -0.05) is 30.3 Å². The highest BCUT2D eigenvalue weighted by Gasteiger charge is 2.22. The summed E-state index contributed by atoms with van der Waals surface area (Å²) in [7, 11) is 4.00. The summed E-state index contributed by atoms with van der Waals surface area (Å²) in [6, 6.07) is 9.60. The first-order valence-corrected chi connectivity index (χ1v) is 5.53. The standard InChI is InChI=1S/C13H21NO2/c1-13(15,11-16-10-9-14(2)3)12-7-5-4-6-8-12/h4-8,15H,9-11H2,1-3H3. The van der Waals surface area contributed by atoms with E-state index in [0.717, 1.165) is 12.1 Å². The normalized spacial score (nSPS) is 15.1. The van der Waals surface area contributed by atoms with Crippen molar-refractivity contribution in [3.05, 3.63) is 35.9 Å². The molecule has 3 heteroatoms. The van der Waals surface area contributed by atoms with Gasteiger partial charge in [-0.25, -0.2) is 0 Å². The van der Waals surface area contributed by atoms with E-state index < -0.39 is 5.60 Å². The summed E-state index contributed by atoms with van der Waals surface area (Å²) in [5.41, 5.74) is -0.0204. The van der Waals surface area contributed by atoms with E-state index in [4.69, 9.17) is 4.74 Å². The molecule has 0 aromatic heterocycles. The molecule has 0 radical (unpaired) electrons. The Hall–Kier alpha value is -0.900. The van der Waals surface area contributed by atoms with Gasteiger partial charge in [0.15, 0.2) is 0 Å². The van der Waals surface area contributed by atoms with Crippen LogP contribution >= 0.6 is 0 Å². The summed E-state index contributed by atoms with van der Waals surface area (Å²) < 4.78 is 5.47. The van der Waals surface area contributed by atoms with Gasteiger partial charge < -0.3 is 14.7 Å². The molecule has 1 aromatic carbocycles. The van der Waals surface area contributed by atoms with Crippen molar-refractivity contribution in [3.8, 4) is 0 Å². The molecule has 16 heavy (non-hydrogen) atoms. The van der Waals surface area contributed by atoms with Crippen LogP contribution in [-0.4, -0.2) is 43.9 Å². The molecule has 1 atom stereocenters. The van der Waals surface area contributed by atoms with Gasteiger partial charge in [0.2, 0.25) is 0 Å². The Morgan fingerprint density at radius 2 is 1.88 bits per heavy atom. The molecule has 0 fully saturated rings. The second-order valence-electron chi connectivity index (χ2n) is 4.50. The van der Waals surface area contributed by atoms with E-state index >= 15 is 0 Å². The average molecular weight is 223 g/mol. The zero-order chi connectivity index (χ0) is 12.0. The Bertz CT molecular complexity index is 296. The first kappa shape index (κ1) is 13.2. The Labute approximate surface area is 97.7 Å². The van der Waals surface area contributed by atoms with Crippen molar-refractivity contribution in [2.24, 2.45) is 0 Å². The molecular weight excluding hydrogens is 202 g/mol. The first-order chi connectivity index (χ1) is 7.52. The number of hydrogen-bond donors (Lipinski definition) is 1. The van der Waals surface area contributed by atoms with Crippen LogP contribution in [0.5, 0.6) is 0 Å². The van der Waals surface area contributed by atoms with Gasteiger partial charge in [0.05, 0.1) is 13.2 Å². The maximum atomic E-state index is 10.2. The van der Waals surface area contributed by atoms with Gasteiger partial charge in [-0.15, -0.1) is 0 Å². The summed E-state index contributed by atoms with van der Waals surface area (Å²) in [4.78, 5) is 2.05. The second kappa shape index (κ2) is 5.99. The zero-order valence-electron chi connectivity index (χ0n) is 10.3. The highest BCUT2D eigenvalue weighted by molar-refractivity contribution is 5.21. The average Bonchev–Trinajstić information content (AvgIpc) is 2.26. The lowest BCUT2D eigenvalue weighted by Crippen LogP contribution is -2.29. The highest BCUT2D eigenvalue weighted by atomic mass is 16.5. The van der Waals surface area contributed by atoms with Gasteiger partial charge in [0, 0.05) is 6.54 Å². The molecule has 90 valence electrons. The summed E-state index contributed by atoms with van der Waals surface area (Å²) >= 11 is 0. The van der Waals surface area contributed by atoms with Crippen LogP contribution in [0.1, 0.15) is 12.5 Å². The largest absolute Gasteiger partial charge is 0.383 e. The first-order valence-electron chi connectivity index (χ1n) is 5.53. The van der Waals surface area contributed by atoms with Gasteiger partial charge in [0.25, 0.3) is 0 Å². The molecule has 0 aliphatic carbocycles. The number of rotatable bonds is 6. The lowest BCUT2D eigenvalue weighted by molar-refractivity contribution is -0.0400. The van der Waals surface area contributed by atoms with Crippen molar-refractivity contribution in [2.45, 2.75) is 12.5 Å². The SMILES string of the molecule is CN(C)CCOCC(C)(O)c1ccccc1. The quantitative estimate of drug-likeness (QED) is 0.741. The van der Waals surface area contributed by atoms with Crippen molar-refractivity contribution in [2.75, 3.05) is 33.9 Å². The molecule has 0 heterocycles. The molecule has 0 saturated carbocycles. The fourth-order valence-electron chi connectivity index (χ4n) is 1.40. The van der Waals surface area contributed by atoms with E-state index in [1.54, 1.807) is 6.92 Å². The van der Waals surface area contributed by atoms with E-state index in [1.807, 2.05) is 44.4 Å². The van der Waals surface area contributed by atoms with E-state index in [1.165, 1.54) is 0 Å². The molecule has 0 aliphatic heterocycles. The van der Waals surface area contributed by atoms with Crippen molar-refractivity contribution in [3.63, 3.8) is 0 Å². The molecular formula is C13H21NO2. The van der Waals surface area contributed by atoms with Crippen LogP contribution in [0.3, 0.4) is 0 Å². The number of hydrogen-bond acceptors (Lipinski definition) is 3. The van der Waals surface area contributed by atoms with Gasteiger partial charge in [-0.3, -0.25) is 0 Å². The Morgan fingerprint density at radius 3 is 2.44 bits per heavy atom. The van der Waals surface area contributed by atoms with Crippen LogP contribution in [0.2, 0.25) is 0 Å². The van der Waals surface area contributed by atoms with Crippen molar-refractivity contribution in [1.82, 2.24) is 4.90 Å². The number of ether oxygens (including phenoxy) is 1.